The zero-order valence-corrected chi connectivity index (χ0v) is 12.4. The maximum absolute atomic E-state index is 14.9. The molecule has 1 unspecified atom stereocenters. The topological polar surface area (TPSA) is 12.9 Å². The molecule has 0 fully saturated rings. The van der Waals surface area contributed by atoms with E-state index in [2.05, 4.69) is 18.8 Å². The highest BCUT2D eigenvalue weighted by Crippen LogP contribution is 2.34. The second-order valence-electron chi connectivity index (χ2n) is 6.26. The van der Waals surface area contributed by atoms with Crippen LogP contribution in [0.5, 0.6) is 0 Å². The van der Waals surface area contributed by atoms with Gasteiger partial charge in [0, 0.05) is 16.4 Å². The summed E-state index contributed by atoms with van der Waals surface area (Å²) in [4.78, 5) is 4.55. The van der Waals surface area contributed by atoms with Gasteiger partial charge in [-0.05, 0) is 18.4 Å². The fraction of sp³-hybridized carbons (Fsp3) is 0.471. The Morgan fingerprint density at radius 1 is 1.21 bits per heavy atom. The molecule has 2 aromatic rings. The molecule has 1 aromatic carbocycles. The molecule has 0 radical (unpaired) electrons. The van der Waals surface area contributed by atoms with Crippen LogP contribution >= 0.6 is 0 Å². The summed E-state index contributed by atoms with van der Waals surface area (Å²) in [5.74, 6) is 0.0783. The van der Waals surface area contributed by atoms with E-state index in [4.69, 9.17) is 0 Å². The second kappa shape index (κ2) is 4.92. The number of para-hydroxylation sites is 1. The average molecular weight is 259 g/mol. The van der Waals surface area contributed by atoms with Crippen LogP contribution in [0.1, 0.15) is 58.2 Å². The van der Waals surface area contributed by atoms with Gasteiger partial charge in [-0.15, -0.1) is 0 Å². The highest BCUT2D eigenvalue weighted by molar-refractivity contribution is 5.83. The van der Waals surface area contributed by atoms with Gasteiger partial charge in [-0.3, -0.25) is 0 Å². The van der Waals surface area contributed by atoms with Gasteiger partial charge < -0.3 is 0 Å². The van der Waals surface area contributed by atoms with E-state index < -0.39 is 0 Å². The molecule has 102 valence electrons. The molecule has 0 bridgehead atoms. The molecule has 1 atom stereocenters. The van der Waals surface area contributed by atoms with Crippen LogP contribution in [-0.4, -0.2) is 4.98 Å². The third-order valence-electron chi connectivity index (χ3n) is 3.69. The van der Waals surface area contributed by atoms with Crippen molar-refractivity contribution in [2.75, 3.05) is 0 Å². The van der Waals surface area contributed by atoms with Crippen LogP contribution < -0.4 is 0 Å². The molecule has 0 amide bonds. The fourth-order valence-corrected chi connectivity index (χ4v) is 2.40. The first-order valence-corrected chi connectivity index (χ1v) is 6.94. The average Bonchev–Trinajstić information content (AvgIpc) is 2.36. The predicted octanol–water partition coefficient (Wildman–Crippen LogP) is 5.18. The molecule has 0 aliphatic carbocycles. The lowest BCUT2D eigenvalue weighted by Crippen LogP contribution is -2.18. The summed E-state index contributed by atoms with van der Waals surface area (Å²) < 4.78 is 14.9. The summed E-state index contributed by atoms with van der Waals surface area (Å²) >= 11 is 0. The Labute approximate surface area is 114 Å². The Bertz CT molecular complexity index is 596. The van der Waals surface area contributed by atoms with Gasteiger partial charge in [0.1, 0.15) is 5.82 Å². The Hall–Kier alpha value is -1.44. The number of nitrogens with zero attached hydrogens (tertiary/aromatic N) is 1. The van der Waals surface area contributed by atoms with Gasteiger partial charge in [0.25, 0.3) is 0 Å². The van der Waals surface area contributed by atoms with Gasteiger partial charge in [-0.2, -0.15) is 0 Å². The summed E-state index contributed by atoms with van der Waals surface area (Å²) in [6, 6.07) is 7.85. The Morgan fingerprint density at radius 3 is 2.42 bits per heavy atom. The van der Waals surface area contributed by atoms with Crippen molar-refractivity contribution in [1.82, 2.24) is 4.98 Å². The van der Waals surface area contributed by atoms with E-state index in [1.807, 2.05) is 45.0 Å². The van der Waals surface area contributed by atoms with Crippen molar-refractivity contribution in [2.24, 2.45) is 0 Å². The zero-order chi connectivity index (χ0) is 14.2. The first-order valence-electron chi connectivity index (χ1n) is 6.94. The Balaban J connectivity index is 2.85. The van der Waals surface area contributed by atoms with Crippen molar-refractivity contribution in [3.63, 3.8) is 0 Å². The van der Waals surface area contributed by atoms with E-state index in [1.54, 1.807) is 0 Å². The molecule has 19 heavy (non-hydrogen) atoms. The normalized spacial score (nSPS) is 13.8. The summed E-state index contributed by atoms with van der Waals surface area (Å²) in [7, 11) is 0. The van der Waals surface area contributed by atoms with Crippen molar-refractivity contribution in [3.8, 4) is 0 Å². The van der Waals surface area contributed by atoms with E-state index in [1.165, 1.54) is 0 Å². The number of hydrogen-bond donors (Lipinski definition) is 0. The highest BCUT2D eigenvalue weighted by Gasteiger charge is 2.26. The van der Waals surface area contributed by atoms with Crippen molar-refractivity contribution < 1.29 is 4.39 Å². The molecule has 0 aliphatic heterocycles. The van der Waals surface area contributed by atoms with Crippen molar-refractivity contribution in [1.29, 1.82) is 0 Å². The highest BCUT2D eigenvalue weighted by atomic mass is 19.1. The number of benzene rings is 1. The summed E-state index contributed by atoms with van der Waals surface area (Å²) in [5.41, 5.74) is 2.00. The molecule has 0 spiro atoms. The number of hydrogen-bond acceptors (Lipinski definition) is 1. The molecule has 0 saturated carbocycles. The van der Waals surface area contributed by atoms with Crippen LogP contribution in [0.15, 0.2) is 24.3 Å². The first-order chi connectivity index (χ1) is 8.86. The summed E-state index contributed by atoms with van der Waals surface area (Å²) in [6.07, 6.45) is 0.925. The van der Waals surface area contributed by atoms with Crippen LogP contribution in [0.4, 0.5) is 4.39 Å². The molecule has 2 heteroatoms. The van der Waals surface area contributed by atoms with Crippen molar-refractivity contribution >= 4 is 10.9 Å². The zero-order valence-electron chi connectivity index (χ0n) is 12.4. The lowest BCUT2D eigenvalue weighted by molar-refractivity contribution is 0.492. The van der Waals surface area contributed by atoms with E-state index in [9.17, 15) is 4.39 Å². The monoisotopic (exact) mass is 259 g/mol. The Kier molecular flexibility index (Phi) is 3.62. The number of pyridine rings is 1. The van der Waals surface area contributed by atoms with Crippen molar-refractivity contribution in [3.05, 3.63) is 41.3 Å². The number of aromatic nitrogens is 1. The Morgan fingerprint density at radius 2 is 1.84 bits per heavy atom. The lowest BCUT2D eigenvalue weighted by Gasteiger charge is -2.23. The molecule has 1 nitrogen and oxygen atoms in total. The van der Waals surface area contributed by atoms with Gasteiger partial charge in [-0.25, -0.2) is 9.37 Å². The van der Waals surface area contributed by atoms with Crippen LogP contribution in [0.2, 0.25) is 0 Å². The van der Waals surface area contributed by atoms with Crippen LogP contribution in [0.3, 0.4) is 0 Å². The molecule has 2 rings (SSSR count). The molecule has 1 aromatic heterocycles. The van der Waals surface area contributed by atoms with Crippen LogP contribution in [-0.2, 0) is 5.41 Å². The minimum atomic E-state index is -0.281. The van der Waals surface area contributed by atoms with Gasteiger partial charge in [0.15, 0.2) is 0 Å². The minimum Gasteiger partial charge on any atom is -0.249 e. The van der Waals surface area contributed by atoms with Gasteiger partial charge in [0.05, 0.1) is 11.2 Å². The maximum atomic E-state index is 14.9. The summed E-state index contributed by atoms with van der Waals surface area (Å²) in [6.45, 7) is 10.2. The first kappa shape index (κ1) is 14.0. The van der Waals surface area contributed by atoms with Gasteiger partial charge >= 0.3 is 0 Å². The quantitative estimate of drug-likeness (QED) is 0.723. The largest absolute Gasteiger partial charge is 0.249 e. The predicted molar refractivity (Wildman–Crippen MR) is 79.1 cm³/mol. The van der Waals surface area contributed by atoms with Crippen LogP contribution in [0, 0.1) is 5.82 Å². The van der Waals surface area contributed by atoms with E-state index in [0.717, 1.165) is 22.9 Å². The number of rotatable bonds is 2. The fourth-order valence-electron chi connectivity index (χ4n) is 2.40. The van der Waals surface area contributed by atoms with E-state index in [-0.39, 0.29) is 17.2 Å². The van der Waals surface area contributed by atoms with E-state index in [0.29, 0.717) is 5.69 Å². The molecular weight excluding hydrogens is 237 g/mol. The number of halogens is 1. The second-order valence-corrected chi connectivity index (χ2v) is 6.26. The number of fused-ring (bicyclic) bond motifs is 1. The minimum absolute atomic E-state index is 0.124. The molecular formula is C17H22FN. The molecule has 0 saturated heterocycles. The molecule has 0 N–H and O–H groups in total. The maximum Gasteiger partial charge on any atom is 0.149 e. The molecule has 0 aliphatic rings. The standard InChI is InChI=1S/C17H22FN/c1-6-11(2)14-12-9-7-8-10-13(12)19-16(15(14)18)17(3,4)5/h7-11H,6H2,1-5H3. The van der Waals surface area contributed by atoms with Gasteiger partial charge in [-0.1, -0.05) is 52.8 Å². The lowest BCUT2D eigenvalue weighted by atomic mass is 9.86. The third-order valence-corrected chi connectivity index (χ3v) is 3.69. The third kappa shape index (κ3) is 2.49. The van der Waals surface area contributed by atoms with Crippen LogP contribution in [0.25, 0.3) is 10.9 Å². The van der Waals surface area contributed by atoms with Gasteiger partial charge in [0.2, 0.25) is 0 Å². The van der Waals surface area contributed by atoms with E-state index >= 15 is 0 Å². The molecule has 1 heterocycles. The SMILES string of the molecule is CCC(C)c1c(F)c(C(C)(C)C)nc2ccccc12. The summed E-state index contributed by atoms with van der Waals surface area (Å²) in [5, 5.41) is 0.947. The van der Waals surface area contributed by atoms with Crippen molar-refractivity contribution in [2.45, 2.75) is 52.4 Å². The smallest absolute Gasteiger partial charge is 0.149 e.